The van der Waals surface area contributed by atoms with Crippen molar-refractivity contribution in [3.63, 3.8) is 0 Å². The summed E-state index contributed by atoms with van der Waals surface area (Å²) in [5, 5.41) is 0. The highest BCUT2D eigenvalue weighted by Gasteiger charge is 2.30. The predicted molar refractivity (Wildman–Crippen MR) is 111 cm³/mol. The van der Waals surface area contributed by atoms with Crippen LogP contribution in [0.4, 0.5) is 4.39 Å². The number of hydrogen-bond donors (Lipinski definition) is 0. The van der Waals surface area contributed by atoms with E-state index in [2.05, 4.69) is 0 Å². The van der Waals surface area contributed by atoms with E-state index in [1.165, 1.54) is 31.4 Å². The maximum Gasteiger partial charge on any atom is 0.300 e. The Morgan fingerprint density at radius 2 is 1.77 bits per heavy atom. The van der Waals surface area contributed by atoms with E-state index in [1.807, 2.05) is 19.1 Å². The second-order valence-electron chi connectivity index (χ2n) is 7.09. The SMILES string of the molecule is COc1ccccc1-c1cc(F)cc2c1O[C@H](OS(=O)(=O)c1ccc(C)cc1)CC2. The zero-order valence-corrected chi connectivity index (χ0v) is 17.4. The molecule has 3 aromatic carbocycles. The van der Waals surface area contributed by atoms with Gasteiger partial charge in [-0.25, -0.2) is 8.57 Å². The minimum Gasteiger partial charge on any atom is -0.496 e. The third-order valence-electron chi connectivity index (χ3n) is 4.97. The van der Waals surface area contributed by atoms with Gasteiger partial charge in [0.05, 0.1) is 12.0 Å². The van der Waals surface area contributed by atoms with E-state index in [4.69, 9.17) is 13.7 Å². The minimum absolute atomic E-state index is 0.0616. The molecule has 1 heterocycles. The smallest absolute Gasteiger partial charge is 0.300 e. The van der Waals surface area contributed by atoms with Crippen LogP contribution in [-0.2, 0) is 20.7 Å². The van der Waals surface area contributed by atoms with Crippen LogP contribution in [0.15, 0.2) is 65.6 Å². The summed E-state index contributed by atoms with van der Waals surface area (Å²) in [4.78, 5) is 0.0616. The number of para-hydroxylation sites is 1. The van der Waals surface area contributed by atoms with Crippen molar-refractivity contribution >= 4 is 10.1 Å². The maximum absolute atomic E-state index is 14.3. The second kappa shape index (κ2) is 8.08. The molecule has 0 aromatic heterocycles. The molecule has 0 amide bonds. The molecule has 1 aliphatic rings. The van der Waals surface area contributed by atoms with Crippen molar-refractivity contribution in [2.45, 2.75) is 31.0 Å². The average Bonchev–Trinajstić information content (AvgIpc) is 2.73. The number of methoxy groups -OCH3 is 1. The van der Waals surface area contributed by atoms with Crippen LogP contribution in [0.5, 0.6) is 11.5 Å². The Morgan fingerprint density at radius 1 is 1.03 bits per heavy atom. The van der Waals surface area contributed by atoms with E-state index in [9.17, 15) is 12.8 Å². The molecule has 3 aromatic rings. The summed E-state index contributed by atoms with van der Waals surface area (Å²) < 4.78 is 56.3. The van der Waals surface area contributed by atoms with Crippen molar-refractivity contribution in [3.8, 4) is 22.6 Å². The van der Waals surface area contributed by atoms with Gasteiger partial charge >= 0.3 is 0 Å². The molecular formula is C23H21FO5S. The molecular weight excluding hydrogens is 407 g/mol. The van der Waals surface area contributed by atoms with Gasteiger partial charge in [-0.1, -0.05) is 35.9 Å². The molecule has 7 heteroatoms. The molecule has 0 aliphatic carbocycles. The average molecular weight is 428 g/mol. The third kappa shape index (κ3) is 4.04. The van der Waals surface area contributed by atoms with Gasteiger partial charge in [0.1, 0.15) is 17.3 Å². The van der Waals surface area contributed by atoms with E-state index in [0.29, 0.717) is 34.6 Å². The quantitative estimate of drug-likeness (QED) is 0.543. The number of rotatable bonds is 5. The van der Waals surface area contributed by atoms with Crippen LogP contribution in [0.25, 0.3) is 11.1 Å². The van der Waals surface area contributed by atoms with E-state index < -0.39 is 22.2 Å². The monoisotopic (exact) mass is 428 g/mol. The standard InChI is InChI=1S/C23H21FO5S/c1-15-7-10-18(11-8-15)30(25,26)29-22-12-9-16-13-17(24)14-20(23(16)28-22)19-5-3-4-6-21(19)27-2/h3-8,10-11,13-14,22H,9,12H2,1-2H3/t22-/m1/s1. The Bertz CT molecular complexity index is 1170. The fraction of sp³-hybridized carbons (Fsp3) is 0.217. The Morgan fingerprint density at radius 3 is 2.50 bits per heavy atom. The first kappa shape index (κ1) is 20.4. The van der Waals surface area contributed by atoms with Crippen LogP contribution in [0.2, 0.25) is 0 Å². The van der Waals surface area contributed by atoms with Gasteiger partial charge < -0.3 is 9.47 Å². The summed E-state index contributed by atoms with van der Waals surface area (Å²) in [5.41, 5.74) is 2.74. The highest BCUT2D eigenvalue weighted by Crippen LogP contribution is 2.42. The van der Waals surface area contributed by atoms with E-state index >= 15 is 0 Å². The van der Waals surface area contributed by atoms with Crippen LogP contribution in [-0.4, -0.2) is 21.8 Å². The maximum atomic E-state index is 14.3. The molecule has 156 valence electrons. The zero-order chi connectivity index (χ0) is 21.3. The predicted octanol–water partition coefficient (Wildman–Crippen LogP) is 4.87. The van der Waals surface area contributed by atoms with Crippen LogP contribution >= 0.6 is 0 Å². The number of halogens is 1. The fourth-order valence-electron chi connectivity index (χ4n) is 3.48. The Kier molecular flexibility index (Phi) is 5.49. The van der Waals surface area contributed by atoms with Crippen LogP contribution in [0.3, 0.4) is 0 Å². The van der Waals surface area contributed by atoms with Gasteiger partial charge in [-0.2, -0.15) is 8.42 Å². The number of benzene rings is 3. The number of aryl methyl sites for hydroxylation is 2. The minimum atomic E-state index is -4.00. The normalized spacial score (nSPS) is 15.9. The Hall–Kier alpha value is -2.90. The molecule has 4 rings (SSSR count). The number of hydrogen-bond acceptors (Lipinski definition) is 5. The Balaban J connectivity index is 1.67. The first-order valence-electron chi connectivity index (χ1n) is 9.50. The lowest BCUT2D eigenvalue weighted by Gasteiger charge is -2.28. The van der Waals surface area contributed by atoms with Gasteiger partial charge in [-0.15, -0.1) is 0 Å². The van der Waals surface area contributed by atoms with Gasteiger partial charge in [0.2, 0.25) is 6.29 Å². The summed E-state index contributed by atoms with van der Waals surface area (Å²) in [7, 11) is -2.47. The molecule has 1 atom stereocenters. The summed E-state index contributed by atoms with van der Waals surface area (Å²) in [6.45, 7) is 1.87. The van der Waals surface area contributed by atoms with Gasteiger partial charge in [0, 0.05) is 17.5 Å². The van der Waals surface area contributed by atoms with E-state index in [1.54, 1.807) is 24.3 Å². The summed E-state index contributed by atoms with van der Waals surface area (Å²) in [6, 6.07) is 16.4. The topological polar surface area (TPSA) is 61.8 Å². The molecule has 0 radical (unpaired) electrons. The van der Waals surface area contributed by atoms with Crippen LogP contribution in [0, 0.1) is 12.7 Å². The van der Waals surface area contributed by atoms with Crippen LogP contribution in [0.1, 0.15) is 17.5 Å². The molecule has 0 spiro atoms. The van der Waals surface area contributed by atoms with Crippen molar-refractivity contribution in [2.24, 2.45) is 0 Å². The van der Waals surface area contributed by atoms with Gasteiger partial charge in [-0.05, 0) is 49.2 Å². The van der Waals surface area contributed by atoms with Crippen molar-refractivity contribution in [3.05, 3.63) is 77.6 Å². The molecule has 0 unspecified atom stereocenters. The van der Waals surface area contributed by atoms with Crippen molar-refractivity contribution in [2.75, 3.05) is 7.11 Å². The molecule has 30 heavy (non-hydrogen) atoms. The molecule has 0 bridgehead atoms. The lowest BCUT2D eigenvalue weighted by molar-refractivity contribution is -0.00410. The zero-order valence-electron chi connectivity index (χ0n) is 16.6. The number of fused-ring (bicyclic) bond motifs is 1. The van der Waals surface area contributed by atoms with Crippen molar-refractivity contribution in [1.29, 1.82) is 0 Å². The van der Waals surface area contributed by atoms with Crippen molar-refractivity contribution in [1.82, 2.24) is 0 Å². The lowest BCUT2D eigenvalue weighted by Crippen LogP contribution is -2.29. The first-order chi connectivity index (χ1) is 14.4. The summed E-state index contributed by atoms with van der Waals surface area (Å²) in [6.07, 6.45) is -0.307. The van der Waals surface area contributed by atoms with Gasteiger partial charge in [0.25, 0.3) is 10.1 Å². The van der Waals surface area contributed by atoms with Crippen LogP contribution < -0.4 is 9.47 Å². The molecule has 0 saturated carbocycles. The number of ether oxygens (including phenoxy) is 2. The molecule has 5 nitrogen and oxygen atoms in total. The second-order valence-corrected chi connectivity index (χ2v) is 8.66. The summed E-state index contributed by atoms with van der Waals surface area (Å²) in [5.74, 6) is 0.561. The highest BCUT2D eigenvalue weighted by molar-refractivity contribution is 7.86. The highest BCUT2D eigenvalue weighted by atomic mass is 32.2. The van der Waals surface area contributed by atoms with Crippen molar-refractivity contribution < 1.29 is 26.5 Å². The Labute approximate surface area is 175 Å². The first-order valence-corrected chi connectivity index (χ1v) is 10.9. The van der Waals surface area contributed by atoms with E-state index in [0.717, 1.165) is 5.56 Å². The summed E-state index contributed by atoms with van der Waals surface area (Å²) >= 11 is 0. The molecule has 1 aliphatic heterocycles. The molecule has 0 N–H and O–H groups in total. The van der Waals surface area contributed by atoms with Gasteiger partial charge in [-0.3, -0.25) is 0 Å². The third-order valence-corrected chi connectivity index (χ3v) is 6.29. The lowest BCUT2D eigenvalue weighted by atomic mass is 9.96. The largest absolute Gasteiger partial charge is 0.496 e. The van der Waals surface area contributed by atoms with Gasteiger partial charge in [0.15, 0.2) is 0 Å². The fourth-order valence-corrected chi connectivity index (χ4v) is 4.47. The van der Waals surface area contributed by atoms with E-state index in [-0.39, 0.29) is 11.3 Å². The molecule has 0 fully saturated rings. The molecule has 0 saturated heterocycles.